The molecule has 0 radical (unpaired) electrons. The number of nitrogens with one attached hydrogen (secondary N) is 3. The van der Waals surface area contributed by atoms with Crippen LogP contribution in [0.5, 0.6) is 0 Å². The lowest BCUT2D eigenvalue weighted by molar-refractivity contribution is 0.0724. The standard InChI is InChI=1S/C24H29N5O2/c30-23(29-15-4-1-5-16-29)19-12-10-18(11-13-19)17-26-24(31)25-14-6-9-22-27-20-7-2-3-8-21(20)28-22/h2-3,7-8,10-13H,1,4-6,9,14-17H2,(H,27,28)(H2,25,26,31). The topological polar surface area (TPSA) is 90.1 Å². The van der Waals surface area contributed by atoms with E-state index in [0.29, 0.717) is 18.7 Å². The van der Waals surface area contributed by atoms with E-state index in [0.717, 1.165) is 61.2 Å². The number of aryl methyl sites for hydroxylation is 1. The van der Waals surface area contributed by atoms with E-state index in [1.165, 1.54) is 6.42 Å². The highest BCUT2D eigenvalue weighted by Gasteiger charge is 2.17. The van der Waals surface area contributed by atoms with Gasteiger partial charge < -0.3 is 20.5 Å². The molecule has 4 rings (SSSR count). The van der Waals surface area contributed by atoms with Crippen LogP contribution in [0, 0.1) is 0 Å². The summed E-state index contributed by atoms with van der Waals surface area (Å²) in [6.07, 6.45) is 4.96. The van der Waals surface area contributed by atoms with Crippen molar-refractivity contribution in [1.29, 1.82) is 0 Å². The van der Waals surface area contributed by atoms with Gasteiger partial charge in [-0.3, -0.25) is 4.79 Å². The van der Waals surface area contributed by atoms with Gasteiger partial charge in [0, 0.05) is 38.2 Å². The number of H-pyrrole nitrogens is 1. The van der Waals surface area contributed by atoms with Crippen molar-refractivity contribution in [2.45, 2.75) is 38.6 Å². The minimum Gasteiger partial charge on any atom is -0.342 e. The zero-order valence-electron chi connectivity index (χ0n) is 17.7. The highest BCUT2D eigenvalue weighted by atomic mass is 16.2. The van der Waals surface area contributed by atoms with Crippen LogP contribution in [0.1, 0.15) is 47.4 Å². The summed E-state index contributed by atoms with van der Waals surface area (Å²) < 4.78 is 0. The molecule has 1 fully saturated rings. The SMILES string of the molecule is O=C(NCCCc1nc2ccccc2[nH]1)NCc1ccc(C(=O)N2CCCCC2)cc1. The minimum atomic E-state index is -0.196. The summed E-state index contributed by atoms with van der Waals surface area (Å²) in [5, 5.41) is 5.74. The normalized spacial score (nSPS) is 13.9. The number of likely N-dealkylation sites (tertiary alicyclic amines) is 1. The molecular formula is C24H29N5O2. The number of fused-ring (bicyclic) bond motifs is 1. The van der Waals surface area contributed by atoms with Gasteiger partial charge in [-0.2, -0.15) is 0 Å². The summed E-state index contributed by atoms with van der Waals surface area (Å²) in [5.74, 6) is 1.03. The number of nitrogens with zero attached hydrogens (tertiary/aromatic N) is 2. The van der Waals surface area contributed by atoms with E-state index in [9.17, 15) is 9.59 Å². The maximum Gasteiger partial charge on any atom is 0.315 e. The Morgan fingerprint density at radius 1 is 0.968 bits per heavy atom. The Bertz CT molecular complexity index is 989. The Kier molecular flexibility index (Phi) is 6.82. The summed E-state index contributed by atoms with van der Waals surface area (Å²) in [6.45, 7) is 2.69. The van der Waals surface area contributed by atoms with E-state index in [-0.39, 0.29) is 11.9 Å². The number of urea groups is 1. The van der Waals surface area contributed by atoms with E-state index >= 15 is 0 Å². The van der Waals surface area contributed by atoms with Crippen LogP contribution in [0.2, 0.25) is 0 Å². The lowest BCUT2D eigenvalue weighted by Gasteiger charge is -2.26. The first-order valence-electron chi connectivity index (χ1n) is 11.0. The number of hydrogen-bond acceptors (Lipinski definition) is 3. The second-order valence-electron chi connectivity index (χ2n) is 7.96. The summed E-state index contributed by atoms with van der Waals surface area (Å²) in [7, 11) is 0. The zero-order valence-corrected chi connectivity index (χ0v) is 17.7. The van der Waals surface area contributed by atoms with Gasteiger partial charge in [0.2, 0.25) is 0 Å². The Labute approximate surface area is 182 Å². The minimum absolute atomic E-state index is 0.0985. The van der Waals surface area contributed by atoms with Gasteiger partial charge in [0.15, 0.2) is 0 Å². The highest BCUT2D eigenvalue weighted by molar-refractivity contribution is 5.94. The number of rotatable bonds is 7. The predicted octanol–water partition coefficient (Wildman–Crippen LogP) is 3.62. The van der Waals surface area contributed by atoms with Crippen molar-refractivity contribution < 1.29 is 9.59 Å². The smallest absolute Gasteiger partial charge is 0.315 e. The summed E-state index contributed by atoms with van der Waals surface area (Å²) in [4.78, 5) is 34.3. The summed E-state index contributed by atoms with van der Waals surface area (Å²) in [5.41, 5.74) is 3.67. The second-order valence-corrected chi connectivity index (χ2v) is 7.96. The number of amides is 3. The predicted molar refractivity (Wildman–Crippen MR) is 121 cm³/mol. The molecule has 0 unspecified atom stereocenters. The molecule has 3 amide bonds. The first-order valence-corrected chi connectivity index (χ1v) is 11.0. The first kappa shape index (κ1) is 20.9. The van der Waals surface area contributed by atoms with Crippen LogP contribution in [-0.2, 0) is 13.0 Å². The highest BCUT2D eigenvalue weighted by Crippen LogP contribution is 2.14. The van der Waals surface area contributed by atoms with Gasteiger partial charge >= 0.3 is 6.03 Å². The fourth-order valence-electron chi connectivity index (χ4n) is 3.87. The number of benzene rings is 2. The number of piperidine rings is 1. The Balaban J connectivity index is 1.16. The third kappa shape index (κ3) is 5.63. The molecular weight excluding hydrogens is 390 g/mol. The molecule has 0 atom stereocenters. The number of aromatic amines is 1. The van der Waals surface area contributed by atoms with Crippen molar-refractivity contribution in [3.8, 4) is 0 Å². The summed E-state index contributed by atoms with van der Waals surface area (Å²) >= 11 is 0. The Morgan fingerprint density at radius 3 is 2.52 bits per heavy atom. The summed E-state index contributed by atoms with van der Waals surface area (Å²) in [6, 6.07) is 15.2. The number of imidazole rings is 1. The molecule has 7 heteroatoms. The molecule has 3 N–H and O–H groups in total. The number of carbonyl (C=O) groups excluding carboxylic acids is 2. The largest absolute Gasteiger partial charge is 0.342 e. The number of hydrogen-bond donors (Lipinski definition) is 3. The maximum atomic E-state index is 12.5. The third-order valence-electron chi connectivity index (χ3n) is 5.61. The van der Waals surface area contributed by atoms with Crippen LogP contribution in [0.4, 0.5) is 4.79 Å². The van der Waals surface area contributed by atoms with Crippen LogP contribution in [0.3, 0.4) is 0 Å². The molecule has 162 valence electrons. The number of carbonyl (C=O) groups is 2. The van der Waals surface area contributed by atoms with Crippen molar-refractivity contribution in [3.63, 3.8) is 0 Å². The van der Waals surface area contributed by atoms with Crippen molar-refractivity contribution >= 4 is 23.0 Å². The second kappa shape index (κ2) is 10.1. The van der Waals surface area contributed by atoms with E-state index in [4.69, 9.17) is 0 Å². The van der Waals surface area contributed by atoms with E-state index in [1.807, 2.05) is 53.4 Å². The van der Waals surface area contributed by atoms with Crippen molar-refractivity contribution in [1.82, 2.24) is 25.5 Å². The zero-order chi connectivity index (χ0) is 21.5. The van der Waals surface area contributed by atoms with Gasteiger partial charge in [-0.15, -0.1) is 0 Å². The van der Waals surface area contributed by atoms with Crippen molar-refractivity contribution in [2.24, 2.45) is 0 Å². The van der Waals surface area contributed by atoms with Gasteiger partial charge in [0.1, 0.15) is 5.82 Å². The molecule has 1 aliphatic rings. The molecule has 1 saturated heterocycles. The van der Waals surface area contributed by atoms with Crippen LogP contribution in [-0.4, -0.2) is 46.4 Å². The van der Waals surface area contributed by atoms with Gasteiger partial charge in [0.05, 0.1) is 11.0 Å². The van der Waals surface area contributed by atoms with Gasteiger partial charge in [-0.1, -0.05) is 24.3 Å². The lowest BCUT2D eigenvalue weighted by atomic mass is 10.1. The van der Waals surface area contributed by atoms with E-state index < -0.39 is 0 Å². The molecule has 2 heterocycles. The van der Waals surface area contributed by atoms with E-state index in [2.05, 4.69) is 20.6 Å². The van der Waals surface area contributed by atoms with Gasteiger partial charge in [-0.25, -0.2) is 9.78 Å². The van der Waals surface area contributed by atoms with E-state index in [1.54, 1.807) is 0 Å². The maximum absolute atomic E-state index is 12.5. The van der Waals surface area contributed by atoms with Crippen LogP contribution in [0.25, 0.3) is 11.0 Å². The average Bonchev–Trinajstić information content (AvgIpc) is 3.24. The molecule has 0 spiro atoms. The molecule has 0 aliphatic carbocycles. The molecule has 7 nitrogen and oxygen atoms in total. The fraction of sp³-hybridized carbons (Fsp3) is 0.375. The average molecular weight is 420 g/mol. The molecule has 1 aromatic heterocycles. The Morgan fingerprint density at radius 2 is 1.74 bits per heavy atom. The molecule has 0 saturated carbocycles. The Hall–Kier alpha value is -3.35. The molecule has 3 aromatic rings. The third-order valence-corrected chi connectivity index (χ3v) is 5.61. The lowest BCUT2D eigenvalue weighted by Crippen LogP contribution is -2.36. The van der Waals surface area contributed by atoms with Crippen molar-refractivity contribution in [3.05, 3.63) is 65.5 Å². The monoisotopic (exact) mass is 419 g/mol. The van der Waals surface area contributed by atoms with Crippen LogP contribution in [0.15, 0.2) is 48.5 Å². The number of aromatic nitrogens is 2. The van der Waals surface area contributed by atoms with Crippen molar-refractivity contribution in [2.75, 3.05) is 19.6 Å². The van der Waals surface area contributed by atoms with Crippen LogP contribution < -0.4 is 10.6 Å². The van der Waals surface area contributed by atoms with Gasteiger partial charge in [-0.05, 0) is 55.5 Å². The number of para-hydroxylation sites is 2. The molecule has 2 aromatic carbocycles. The quantitative estimate of drug-likeness (QED) is 0.511. The van der Waals surface area contributed by atoms with Crippen LogP contribution >= 0.6 is 0 Å². The fourth-order valence-corrected chi connectivity index (χ4v) is 3.87. The molecule has 0 bridgehead atoms. The first-order chi connectivity index (χ1) is 15.2. The van der Waals surface area contributed by atoms with Gasteiger partial charge in [0.25, 0.3) is 5.91 Å². The molecule has 1 aliphatic heterocycles. The molecule has 31 heavy (non-hydrogen) atoms.